The van der Waals surface area contributed by atoms with Gasteiger partial charge in [-0.15, -0.1) is 0 Å². The van der Waals surface area contributed by atoms with E-state index < -0.39 is 0 Å². The number of hydrogen-bond donors (Lipinski definition) is 1. The summed E-state index contributed by atoms with van der Waals surface area (Å²) < 4.78 is 0. The first-order valence-corrected chi connectivity index (χ1v) is 8.10. The van der Waals surface area contributed by atoms with Gasteiger partial charge in [-0.05, 0) is 42.3 Å². The molecular weight excluding hydrogens is 244 g/mol. The fourth-order valence-electron chi connectivity index (χ4n) is 3.48. The highest BCUT2D eigenvalue weighted by molar-refractivity contribution is 5.27. The molecule has 2 N–H and O–H groups in total. The minimum atomic E-state index is 0.381. The van der Waals surface area contributed by atoms with Gasteiger partial charge in [-0.2, -0.15) is 0 Å². The van der Waals surface area contributed by atoms with Crippen LogP contribution in [0.4, 0.5) is 0 Å². The lowest BCUT2D eigenvalue weighted by Crippen LogP contribution is -2.39. The van der Waals surface area contributed by atoms with Crippen molar-refractivity contribution in [3.63, 3.8) is 0 Å². The Morgan fingerprint density at radius 1 is 1.10 bits per heavy atom. The topological polar surface area (TPSA) is 29.3 Å². The molecule has 0 amide bonds. The SMILES string of the molecule is CC(C)c1ccc(C(CN)N2CCCC2C(C)C)cc1. The van der Waals surface area contributed by atoms with Crippen molar-refractivity contribution in [3.05, 3.63) is 35.4 Å². The lowest BCUT2D eigenvalue weighted by atomic mass is 9.96. The van der Waals surface area contributed by atoms with Crippen LogP contribution in [0, 0.1) is 5.92 Å². The van der Waals surface area contributed by atoms with Crippen LogP contribution in [0.2, 0.25) is 0 Å². The molecule has 2 heteroatoms. The van der Waals surface area contributed by atoms with Crippen LogP contribution >= 0.6 is 0 Å². The molecule has 0 aromatic heterocycles. The van der Waals surface area contributed by atoms with Crippen molar-refractivity contribution in [2.75, 3.05) is 13.1 Å². The molecule has 1 heterocycles. The number of likely N-dealkylation sites (tertiary alicyclic amines) is 1. The number of nitrogens with two attached hydrogens (primary N) is 1. The van der Waals surface area contributed by atoms with E-state index in [9.17, 15) is 0 Å². The van der Waals surface area contributed by atoms with Gasteiger partial charge in [0.15, 0.2) is 0 Å². The van der Waals surface area contributed by atoms with Gasteiger partial charge in [0.25, 0.3) is 0 Å². The molecule has 1 aromatic rings. The highest BCUT2D eigenvalue weighted by atomic mass is 15.2. The molecule has 2 nitrogen and oxygen atoms in total. The molecule has 1 fully saturated rings. The minimum Gasteiger partial charge on any atom is -0.329 e. The van der Waals surface area contributed by atoms with E-state index in [1.165, 1.54) is 30.5 Å². The molecule has 0 saturated carbocycles. The first-order valence-electron chi connectivity index (χ1n) is 8.10. The molecule has 20 heavy (non-hydrogen) atoms. The zero-order valence-electron chi connectivity index (χ0n) is 13.5. The molecule has 2 atom stereocenters. The van der Waals surface area contributed by atoms with Crippen molar-refractivity contribution in [1.29, 1.82) is 0 Å². The standard InChI is InChI=1S/C18H30N2/c1-13(2)15-7-9-16(10-8-15)18(12-19)20-11-5-6-17(20)14(3)4/h7-10,13-14,17-18H,5-6,11-12,19H2,1-4H3. The number of benzene rings is 1. The summed E-state index contributed by atoms with van der Waals surface area (Å²) in [5.74, 6) is 1.30. The van der Waals surface area contributed by atoms with Crippen LogP contribution in [0.5, 0.6) is 0 Å². The van der Waals surface area contributed by atoms with Crippen LogP contribution in [0.1, 0.15) is 63.6 Å². The van der Waals surface area contributed by atoms with Crippen molar-refractivity contribution in [2.45, 2.75) is 58.5 Å². The highest BCUT2D eigenvalue weighted by Gasteiger charge is 2.32. The number of rotatable bonds is 5. The van der Waals surface area contributed by atoms with Crippen LogP contribution in [-0.2, 0) is 0 Å². The summed E-state index contributed by atoms with van der Waals surface area (Å²) in [5.41, 5.74) is 8.89. The van der Waals surface area contributed by atoms with E-state index >= 15 is 0 Å². The van der Waals surface area contributed by atoms with Crippen molar-refractivity contribution in [1.82, 2.24) is 4.90 Å². The molecule has 1 aliphatic rings. The minimum absolute atomic E-state index is 0.381. The molecule has 0 aliphatic carbocycles. The third-order valence-corrected chi connectivity index (χ3v) is 4.72. The predicted octanol–water partition coefficient (Wildman–Crippen LogP) is 3.93. The quantitative estimate of drug-likeness (QED) is 0.881. The van der Waals surface area contributed by atoms with Crippen LogP contribution in [0.15, 0.2) is 24.3 Å². The normalized spacial score (nSPS) is 21.9. The molecular formula is C18H30N2. The van der Waals surface area contributed by atoms with Gasteiger partial charge in [0, 0.05) is 18.6 Å². The van der Waals surface area contributed by atoms with E-state index in [1.54, 1.807) is 0 Å². The molecule has 0 bridgehead atoms. The Balaban J connectivity index is 2.19. The predicted molar refractivity (Wildman–Crippen MR) is 86.9 cm³/mol. The van der Waals surface area contributed by atoms with E-state index in [1.807, 2.05) is 0 Å². The Bertz CT molecular complexity index is 408. The Labute approximate surface area is 124 Å². The molecule has 1 aliphatic heterocycles. The van der Waals surface area contributed by atoms with Gasteiger partial charge in [0.05, 0.1) is 0 Å². The van der Waals surface area contributed by atoms with Crippen molar-refractivity contribution < 1.29 is 0 Å². The second-order valence-corrected chi connectivity index (χ2v) is 6.76. The van der Waals surface area contributed by atoms with Crippen LogP contribution in [0.25, 0.3) is 0 Å². The van der Waals surface area contributed by atoms with Crippen molar-refractivity contribution in [2.24, 2.45) is 11.7 Å². The molecule has 1 saturated heterocycles. The third-order valence-electron chi connectivity index (χ3n) is 4.72. The zero-order chi connectivity index (χ0) is 14.7. The average molecular weight is 274 g/mol. The summed E-state index contributed by atoms with van der Waals surface area (Å²) in [6.07, 6.45) is 2.63. The summed E-state index contributed by atoms with van der Waals surface area (Å²) >= 11 is 0. The maximum absolute atomic E-state index is 6.10. The molecule has 2 rings (SSSR count). The van der Waals surface area contributed by atoms with Gasteiger partial charge >= 0.3 is 0 Å². The lowest BCUT2D eigenvalue weighted by molar-refractivity contribution is 0.149. The van der Waals surface area contributed by atoms with Gasteiger partial charge < -0.3 is 5.73 Å². The fraction of sp³-hybridized carbons (Fsp3) is 0.667. The highest BCUT2D eigenvalue weighted by Crippen LogP contribution is 2.32. The first-order chi connectivity index (χ1) is 9.54. The number of hydrogen-bond acceptors (Lipinski definition) is 2. The summed E-state index contributed by atoms with van der Waals surface area (Å²) in [6.45, 7) is 11.0. The smallest absolute Gasteiger partial charge is 0.0473 e. The lowest BCUT2D eigenvalue weighted by Gasteiger charge is -2.35. The van der Waals surface area contributed by atoms with E-state index in [0.29, 0.717) is 30.5 Å². The van der Waals surface area contributed by atoms with Crippen molar-refractivity contribution in [3.8, 4) is 0 Å². The number of nitrogens with zero attached hydrogens (tertiary/aromatic N) is 1. The van der Waals surface area contributed by atoms with Gasteiger partial charge in [-0.25, -0.2) is 0 Å². The Morgan fingerprint density at radius 3 is 2.20 bits per heavy atom. The first kappa shape index (κ1) is 15.5. The van der Waals surface area contributed by atoms with Crippen molar-refractivity contribution >= 4 is 0 Å². The van der Waals surface area contributed by atoms with Gasteiger partial charge in [0.2, 0.25) is 0 Å². The van der Waals surface area contributed by atoms with Crippen LogP contribution in [-0.4, -0.2) is 24.0 Å². The van der Waals surface area contributed by atoms with E-state index in [4.69, 9.17) is 5.73 Å². The maximum Gasteiger partial charge on any atom is 0.0473 e. The third kappa shape index (κ3) is 3.24. The monoisotopic (exact) mass is 274 g/mol. The molecule has 2 unspecified atom stereocenters. The Morgan fingerprint density at radius 2 is 1.70 bits per heavy atom. The largest absolute Gasteiger partial charge is 0.329 e. The second-order valence-electron chi connectivity index (χ2n) is 6.76. The molecule has 0 radical (unpaired) electrons. The molecule has 112 valence electrons. The Hall–Kier alpha value is -0.860. The van der Waals surface area contributed by atoms with Gasteiger partial charge in [0.1, 0.15) is 0 Å². The van der Waals surface area contributed by atoms with E-state index in [0.717, 1.165) is 0 Å². The summed E-state index contributed by atoms with van der Waals surface area (Å²) in [5, 5.41) is 0. The van der Waals surface area contributed by atoms with Crippen LogP contribution < -0.4 is 5.73 Å². The summed E-state index contributed by atoms with van der Waals surface area (Å²) in [4.78, 5) is 2.63. The van der Waals surface area contributed by atoms with Crippen LogP contribution in [0.3, 0.4) is 0 Å². The van der Waals surface area contributed by atoms with Gasteiger partial charge in [-0.1, -0.05) is 52.0 Å². The fourth-order valence-corrected chi connectivity index (χ4v) is 3.48. The maximum atomic E-state index is 6.10. The zero-order valence-corrected chi connectivity index (χ0v) is 13.5. The van der Waals surface area contributed by atoms with E-state index in [-0.39, 0.29) is 0 Å². The molecule has 1 aromatic carbocycles. The Kier molecular flexibility index (Phi) is 5.22. The molecule has 0 spiro atoms. The second kappa shape index (κ2) is 6.73. The van der Waals surface area contributed by atoms with E-state index in [2.05, 4.69) is 56.9 Å². The average Bonchev–Trinajstić information content (AvgIpc) is 2.89. The summed E-state index contributed by atoms with van der Waals surface area (Å²) in [6, 6.07) is 10.2. The summed E-state index contributed by atoms with van der Waals surface area (Å²) in [7, 11) is 0. The van der Waals surface area contributed by atoms with Gasteiger partial charge in [-0.3, -0.25) is 4.90 Å².